The average molecular weight is 368 g/mol. The Labute approximate surface area is 158 Å². The van der Waals surface area contributed by atoms with Gasteiger partial charge in [0.05, 0.1) is 31.7 Å². The van der Waals surface area contributed by atoms with Gasteiger partial charge in [0.2, 0.25) is 11.8 Å². The van der Waals surface area contributed by atoms with Crippen LogP contribution in [0, 0.1) is 25.7 Å². The summed E-state index contributed by atoms with van der Waals surface area (Å²) in [6, 6.07) is 11.1. The molecular weight excluding hydrogens is 344 g/mol. The number of benzene rings is 2. The number of ether oxygens (including phenoxy) is 2. The minimum Gasteiger partial charge on any atom is -0.497 e. The van der Waals surface area contributed by atoms with Gasteiger partial charge < -0.3 is 20.1 Å². The molecule has 6 nitrogen and oxygen atoms in total. The molecule has 2 amide bonds. The number of carbonyl (C=O) groups is 2. The van der Waals surface area contributed by atoms with Crippen molar-refractivity contribution >= 4 is 23.2 Å². The third kappa shape index (κ3) is 4.39. The number of aryl methyl sites for hydroxylation is 2. The highest BCUT2D eigenvalue weighted by Crippen LogP contribution is 2.41. The van der Waals surface area contributed by atoms with Crippen molar-refractivity contribution in [1.82, 2.24) is 0 Å². The summed E-state index contributed by atoms with van der Waals surface area (Å²) in [4.78, 5) is 24.9. The first-order valence-corrected chi connectivity index (χ1v) is 8.83. The second kappa shape index (κ2) is 7.70. The number of carbonyl (C=O) groups excluding carboxylic acids is 2. The molecule has 0 aliphatic heterocycles. The molecule has 27 heavy (non-hydrogen) atoms. The zero-order valence-electron chi connectivity index (χ0n) is 16.0. The van der Waals surface area contributed by atoms with Crippen molar-refractivity contribution in [2.45, 2.75) is 20.3 Å². The Bertz CT molecular complexity index is 858. The number of hydrogen-bond donors (Lipinski definition) is 2. The summed E-state index contributed by atoms with van der Waals surface area (Å²) in [5.41, 5.74) is 3.49. The lowest BCUT2D eigenvalue weighted by atomic mass is 10.1. The molecule has 2 N–H and O–H groups in total. The number of anilines is 2. The summed E-state index contributed by atoms with van der Waals surface area (Å²) in [7, 11) is 3.10. The van der Waals surface area contributed by atoms with Crippen LogP contribution in [-0.2, 0) is 9.59 Å². The number of methoxy groups -OCH3 is 2. The minimum atomic E-state index is -0.331. The third-order valence-corrected chi connectivity index (χ3v) is 4.62. The van der Waals surface area contributed by atoms with E-state index in [9.17, 15) is 9.59 Å². The lowest BCUT2D eigenvalue weighted by Crippen LogP contribution is -2.21. The Balaban J connectivity index is 1.61. The van der Waals surface area contributed by atoms with Crippen LogP contribution in [0.25, 0.3) is 0 Å². The van der Waals surface area contributed by atoms with Gasteiger partial charge in [-0.2, -0.15) is 0 Å². The molecule has 3 rings (SSSR count). The predicted molar refractivity (Wildman–Crippen MR) is 104 cm³/mol. The molecule has 2 aromatic carbocycles. The highest BCUT2D eigenvalue weighted by atomic mass is 16.5. The number of hydrogen-bond acceptors (Lipinski definition) is 4. The third-order valence-electron chi connectivity index (χ3n) is 4.62. The van der Waals surface area contributed by atoms with Crippen molar-refractivity contribution in [1.29, 1.82) is 0 Å². The van der Waals surface area contributed by atoms with E-state index in [2.05, 4.69) is 10.6 Å². The molecule has 0 aromatic heterocycles. The van der Waals surface area contributed by atoms with E-state index in [-0.39, 0.29) is 23.7 Å². The quantitative estimate of drug-likeness (QED) is 0.818. The fraction of sp³-hybridized carbons (Fsp3) is 0.333. The molecular formula is C21H24N2O4. The molecule has 6 heteroatoms. The van der Waals surface area contributed by atoms with E-state index in [0.717, 1.165) is 16.8 Å². The molecule has 1 fully saturated rings. The molecule has 0 bridgehead atoms. The van der Waals surface area contributed by atoms with E-state index in [1.165, 1.54) is 7.11 Å². The van der Waals surface area contributed by atoms with Crippen LogP contribution in [0.3, 0.4) is 0 Å². The fourth-order valence-corrected chi connectivity index (χ4v) is 3.18. The van der Waals surface area contributed by atoms with Crippen molar-refractivity contribution in [2.24, 2.45) is 11.8 Å². The van der Waals surface area contributed by atoms with Crippen LogP contribution in [0.15, 0.2) is 36.4 Å². The fourth-order valence-electron chi connectivity index (χ4n) is 3.18. The van der Waals surface area contributed by atoms with Crippen LogP contribution >= 0.6 is 0 Å². The lowest BCUT2D eigenvalue weighted by molar-refractivity contribution is -0.122. The van der Waals surface area contributed by atoms with Crippen LogP contribution in [-0.4, -0.2) is 26.0 Å². The normalized spacial score (nSPS) is 17.8. The molecule has 142 valence electrons. The van der Waals surface area contributed by atoms with E-state index < -0.39 is 0 Å². The first-order valence-electron chi connectivity index (χ1n) is 8.83. The second-order valence-corrected chi connectivity index (χ2v) is 6.87. The van der Waals surface area contributed by atoms with Gasteiger partial charge in [-0.05, 0) is 55.7 Å². The van der Waals surface area contributed by atoms with Gasteiger partial charge >= 0.3 is 0 Å². The van der Waals surface area contributed by atoms with Crippen molar-refractivity contribution in [3.05, 3.63) is 47.5 Å². The number of nitrogens with one attached hydrogen (secondary N) is 2. The Morgan fingerprint density at radius 2 is 1.52 bits per heavy atom. The van der Waals surface area contributed by atoms with Gasteiger partial charge in [0.25, 0.3) is 0 Å². The predicted octanol–water partition coefficient (Wildman–Crippen LogP) is 3.53. The van der Waals surface area contributed by atoms with E-state index in [1.807, 2.05) is 32.0 Å². The number of amides is 2. The summed E-state index contributed by atoms with van der Waals surface area (Å²) in [6.07, 6.45) is 0.543. The van der Waals surface area contributed by atoms with Gasteiger partial charge in [-0.25, -0.2) is 0 Å². The summed E-state index contributed by atoms with van der Waals surface area (Å²) in [5.74, 6) is 0.209. The molecule has 0 saturated heterocycles. The molecule has 2 aromatic rings. The number of rotatable bonds is 6. The topological polar surface area (TPSA) is 76.7 Å². The SMILES string of the molecule is COc1ccc(NC(=O)C2CC2C(=O)Nc2cc(C)cc(C)c2)c(OC)c1. The molecule has 0 heterocycles. The molecule has 2 unspecified atom stereocenters. The Kier molecular flexibility index (Phi) is 5.35. The van der Waals surface area contributed by atoms with Gasteiger partial charge in [0.1, 0.15) is 11.5 Å². The maximum absolute atomic E-state index is 12.5. The molecule has 2 atom stereocenters. The van der Waals surface area contributed by atoms with E-state index in [1.54, 1.807) is 25.3 Å². The van der Waals surface area contributed by atoms with E-state index >= 15 is 0 Å². The zero-order chi connectivity index (χ0) is 19.6. The summed E-state index contributed by atoms with van der Waals surface area (Å²) >= 11 is 0. The average Bonchev–Trinajstić information content (AvgIpc) is 3.42. The molecule has 1 aliphatic rings. The van der Waals surface area contributed by atoms with Crippen molar-refractivity contribution in [2.75, 3.05) is 24.9 Å². The highest BCUT2D eigenvalue weighted by molar-refractivity contribution is 6.03. The monoisotopic (exact) mass is 368 g/mol. The summed E-state index contributed by atoms with van der Waals surface area (Å²) in [5, 5.41) is 5.75. The van der Waals surface area contributed by atoms with Crippen molar-refractivity contribution in [3.8, 4) is 11.5 Å². The molecule has 1 aliphatic carbocycles. The Hall–Kier alpha value is -3.02. The van der Waals surface area contributed by atoms with Gasteiger partial charge in [0, 0.05) is 11.8 Å². The lowest BCUT2D eigenvalue weighted by Gasteiger charge is -2.11. The van der Waals surface area contributed by atoms with Crippen LogP contribution in [0.4, 0.5) is 11.4 Å². The Morgan fingerprint density at radius 1 is 0.889 bits per heavy atom. The standard InChI is InChI=1S/C21H24N2O4/c1-12-7-13(2)9-14(8-12)22-20(24)16-11-17(16)21(25)23-18-6-5-15(26-3)10-19(18)27-4/h5-10,16-17H,11H2,1-4H3,(H,22,24)(H,23,25). The maximum atomic E-state index is 12.5. The van der Waals surface area contributed by atoms with Crippen LogP contribution in [0.1, 0.15) is 17.5 Å². The van der Waals surface area contributed by atoms with Crippen LogP contribution in [0.5, 0.6) is 11.5 Å². The first kappa shape index (κ1) is 18.8. The highest BCUT2D eigenvalue weighted by Gasteiger charge is 2.48. The Morgan fingerprint density at radius 3 is 2.11 bits per heavy atom. The van der Waals surface area contributed by atoms with Crippen molar-refractivity contribution < 1.29 is 19.1 Å². The zero-order valence-corrected chi connectivity index (χ0v) is 16.0. The maximum Gasteiger partial charge on any atom is 0.228 e. The first-order chi connectivity index (χ1) is 12.9. The minimum absolute atomic E-state index is 0.123. The molecule has 0 spiro atoms. The van der Waals surface area contributed by atoms with Crippen molar-refractivity contribution in [3.63, 3.8) is 0 Å². The summed E-state index contributed by atoms with van der Waals surface area (Å²) < 4.78 is 10.4. The molecule has 0 radical (unpaired) electrons. The van der Waals surface area contributed by atoms with Gasteiger partial charge in [-0.15, -0.1) is 0 Å². The molecule has 1 saturated carbocycles. The van der Waals surface area contributed by atoms with Gasteiger partial charge in [0.15, 0.2) is 0 Å². The smallest absolute Gasteiger partial charge is 0.228 e. The van der Waals surface area contributed by atoms with Gasteiger partial charge in [-0.3, -0.25) is 9.59 Å². The largest absolute Gasteiger partial charge is 0.497 e. The summed E-state index contributed by atoms with van der Waals surface area (Å²) in [6.45, 7) is 3.97. The van der Waals surface area contributed by atoms with Crippen LogP contribution in [0.2, 0.25) is 0 Å². The van der Waals surface area contributed by atoms with E-state index in [4.69, 9.17) is 9.47 Å². The van der Waals surface area contributed by atoms with E-state index in [0.29, 0.717) is 23.6 Å². The second-order valence-electron chi connectivity index (χ2n) is 6.87. The van der Waals surface area contributed by atoms with Crippen LogP contribution < -0.4 is 20.1 Å². The van der Waals surface area contributed by atoms with Gasteiger partial charge in [-0.1, -0.05) is 6.07 Å².